The average molecular weight is 673 g/mol. The molecule has 0 unspecified atom stereocenters. The molecule has 2 N–H and O–H groups in total. The Bertz CT molecular complexity index is 1620. The van der Waals surface area contributed by atoms with Gasteiger partial charge in [0.05, 0.1) is 11.5 Å². The number of esters is 4. The smallest absolute Gasteiger partial charge is 0.341 e. The summed E-state index contributed by atoms with van der Waals surface area (Å²) in [5.41, 5.74) is -5.41. The number of aliphatic hydroxyl groups is 2. The molecule has 13 nitrogen and oxygen atoms in total. The number of carbonyl (C=O) groups excluding carboxylic acids is 5. The SMILES string of the molecule is CC(=O)O[C@H]1[C@@H]2[C@H]([C@H](C)[C@@H]3O[C@@]34OC(=O)[C@@](C)(O)[C@]24C)[C@]2(C)[C@@H]1C1=C(O)C(=O)[C@H]3C[C@@H]4O[C@@H]4[C@H](OC(C)=O)[C@]3(C)[C@H]1[C@H](C)[C@@H]2OC(C)=O. The molecule has 262 valence electrons. The van der Waals surface area contributed by atoms with Crippen LogP contribution in [-0.2, 0) is 52.4 Å². The van der Waals surface area contributed by atoms with E-state index in [0.717, 1.165) is 0 Å². The van der Waals surface area contributed by atoms with Crippen molar-refractivity contribution in [2.45, 2.75) is 117 Å². The first kappa shape index (κ1) is 32.2. The van der Waals surface area contributed by atoms with E-state index in [1.54, 1.807) is 6.92 Å². The monoisotopic (exact) mass is 672 g/mol. The lowest BCUT2D eigenvalue weighted by molar-refractivity contribution is -0.202. The van der Waals surface area contributed by atoms with Crippen LogP contribution in [0, 0.1) is 57.7 Å². The molecule has 0 aromatic rings. The number of fused-ring (bicyclic) bond motifs is 9. The Morgan fingerprint density at radius 2 is 1.44 bits per heavy atom. The largest absolute Gasteiger partial charge is 0.504 e. The van der Waals surface area contributed by atoms with Gasteiger partial charge in [-0.1, -0.05) is 27.7 Å². The van der Waals surface area contributed by atoms with Gasteiger partial charge in [-0.25, -0.2) is 4.79 Å². The van der Waals surface area contributed by atoms with E-state index in [0.29, 0.717) is 12.0 Å². The van der Waals surface area contributed by atoms with Crippen molar-refractivity contribution in [3.8, 4) is 0 Å². The van der Waals surface area contributed by atoms with Crippen molar-refractivity contribution in [1.29, 1.82) is 0 Å². The van der Waals surface area contributed by atoms with Crippen LogP contribution in [0.15, 0.2) is 11.3 Å². The van der Waals surface area contributed by atoms with E-state index in [1.807, 2.05) is 27.7 Å². The summed E-state index contributed by atoms with van der Waals surface area (Å²) < 4.78 is 36.6. The summed E-state index contributed by atoms with van der Waals surface area (Å²) in [6.07, 6.45) is -3.90. The minimum absolute atomic E-state index is 0.312. The zero-order valence-electron chi connectivity index (χ0n) is 28.6. The summed E-state index contributed by atoms with van der Waals surface area (Å²) >= 11 is 0. The highest BCUT2D eigenvalue weighted by Gasteiger charge is 2.93. The Morgan fingerprint density at radius 1 is 0.833 bits per heavy atom. The number of ketones is 1. The summed E-state index contributed by atoms with van der Waals surface area (Å²) in [5.74, 6) is -9.69. The normalized spacial score (nSPS) is 56.6. The highest BCUT2D eigenvalue weighted by atomic mass is 16.8. The lowest BCUT2D eigenvalue weighted by atomic mass is 9.42. The second-order valence-electron chi connectivity index (χ2n) is 16.6. The van der Waals surface area contributed by atoms with Crippen LogP contribution in [0.25, 0.3) is 0 Å². The van der Waals surface area contributed by atoms with Gasteiger partial charge in [0.2, 0.25) is 11.6 Å². The van der Waals surface area contributed by atoms with Gasteiger partial charge >= 0.3 is 23.9 Å². The Morgan fingerprint density at radius 3 is 2.04 bits per heavy atom. The topological polar surface area (TPSA) is 188 Å². The molecule has 13 heteroatoms. The molecule has 4 saturated carbocycles. The molecule has 1 spiro atoms. The van der Waals surface area contributed by atoms with E-state index in [4.69, 9.17) is 28.4 Å². The van der Waals surface area contributed by atoms with E-state index in [9.17, 15) is 34.2 Å². The van der Waals surface area contributed by atoms with Gasteiger partial charge in [-0.15, -0.1) is 0 Å². The number of epoxide rings is 2. The van der Waals surface area contributed by atoms with Crippen LogP contribution >= 0.6 is 0 Å². The summed E-state index contributed by atoms with van der Waals surface area (Å²) in [4.78, 5) is 66.4. The van der Waals surface area contributed by atoms with Crippen molar-refractivity contribution in [3.63, 3.8) is 0 Å². The van der Waals surface area contributed by atoms with E-state index in [-0.39, 0.29) is 12.0 Å². The van der Waals surface area contributed by atoms with Gasteiger partial charge in [0.15, 0.2) is 11.4 Å². The van der Waals surface area contributed by atoms with Crippen LogP contribution in [0.1, 0.15) is 68.7 Å². The number of hydrogen-bond acceptors (Lipinski definition) is 13. The summed E-state index contributed by atoms with van der Waals surface area (Å²) in [6, 6.07) is 0. The van der Waals surface area contributed by atoms with Crippen LogP contribution in [0.3, 0.4) is 0 Å². The molecular formula is C35H44O13. The van der Waals surface area contributed by atoms with Gasteiger partial charge in [-0.2, -0.15) is 0 Å². The average Bonchev–Trinajstić information content (AvgIpc) is 3.88. The van der Waals surface area contributed by atoms with Gasteiger partial charge in [-0.05, 0) is 37.7 Å². The summed E-state index contributed by atoms with van der Waals surface area (Å²) in [6.45, 7) is 14.6. The molecule has 8 rings (SSSR count). The molecule has 3 heterocycles. The molecular weight excluding hydrogens is 628 g/mol. The number of ether oxygens (including phenoxy) is 6. The number of rotatable bonds is 3. The number of Topliss-reactive ketones (excluding diaryl/α,β-unsaturated/α-hetero) is 1. The number of hydrogen-bond donors (Lipinski definition) is 2. The molecule has 8 aliphatic rings. The number of aliphatic hydroxyl groups excluding tert-OH is 1. The highest BCUT2D eigenvalue weighted by Crippen LogP contribution is 2.81. The van der Waals surface area contributed by atoms with Crippen LogP contribution in [-0.4, -0.2) is 87.9 Å². The van der Waals surface area contributed by atoms with Crippen molar-refractivity contribution >= 4 is 29.7 Å². The minimum Gasteiger partial charge on any atom is -0.504 e. The van der Waals surface area contributed by atoms with Crippen molar-refractivity contribution in [3.05, 3.63) is 11.3 Å². The standard InChI is InChI=1S/C35H44O13/c1-11-19-18(24(40)23(39)16-10-17-25(46-17)29(31(16,19)6)45-15(5)38)21-26(43-13(3)36)22-20(32(21,7)27(11)44-14(4)37)12(2)28-35(47-28)33(22,8)34(9,42)30(41)48-35/h11-12,16-17,19-22,25-29,40,42H,10H2,1-9H3/t11-,12-,16+,17-,19-,20-,21+,22-,25-,26+,27-,28-,29-,31-,32+,33-,34+,35+/m0/s1. The van der Waals surface area contributed by atoms with E-state index >= 15 is 0 Å². The van der Waals surface area contributed by atoms with Gasteiger partial charge in [0.25, 0.3) is 0 Å². The third-order valence-electron chi connectivity index (χ3n) is 14.6. The van der Waals surface area contributed by atoms with Gasteiger partial charge in [-0.3, -0.25) is 19.2 Å². The lowest BCUT2D eigenvalue weighted by Gasteiger charge is -2.62. The van der Waals surface area contributed by atoms with Gasteiger partial charge in [0, 0.05) is 61.2 Å². The maximum Gasteiger partial charge on any atom is 0.341 e. The second-order valence-corrected chi connectivity index (χ2v) is 16.6. The van der Waals surface area contributed by atoms with Crippen molar-refractivity contribution in [2.75, 3.05) is 0 Å². The van der Waals surface area contributed by atoms with Crippen molar-refractivity contribution in [2.24, 2.45) is 57.7 Å². The fraction of sp³-hybridized carbons (Fsp3) is 0.800. The number of allylic oxidation sites excluding steroid dienone is 1. The molecule has 18 atom stereocenters. The molecule has 0 bridgehead atoms. The first-order chi connectivity index (χ1) is 22.2. The predicted molar refractivity (Wildman–Crippen MR) is 159 cm³/mol. The van der Waals surface area contributed by atoms with Crippen molar-refractivity contribution in [1.82, 2.24) is 0 Å². The maximum atomic E-state index is 14.4. The molecule has 0 radical (unpaired) electrons. The number of carbonyl (C=O) groups is 5. The van der Waals surface area contributed by atoms with E-state index in [2.05, 4.69) is 0 Å². The van der Waals surface area contributed by atoms with Crippen LogP contribution in [0.4, 0.5) is 0 Å². The first-order valence-corrected chi connectivity index (χ1v) is 17.0. The fourth-order valence-electron chi connectivity index (χ4n) is 12.8. The molecule has 0 amide bonds. The summed E-state index contributed by atoms with van der Waals surface area (Å²) in [7, 11) is 0. The lowest BCUT2D eigenvalue weighted by Crippen LogP contribution is -2.67. The predicted octanol–water partition coefficient (Wildman–Crippen LogP) is 2.16. The molecule has 3 aliphatic heterocycles. The maximum absolute atomic E-state index is 14.4. The first-order valence-electron chi connectivity index (χ1n) is 17.0. The summed E-state index contributed by atoms with van der Waals surface area (Å²) in [5, 5.41) is 24.1. The molecule has 0 aromatic heterocycles. The zero-order chi connectivity index (χ0) is 35.0. The van der Waals surface area contributed by atoms with Gasteiger partial charge < -0.3 is 38.6 Å². The quantitative estimate of drug-likeness (QED) is 0.253. The minimum atomic E-state index is -2.08. The highest BCUT2D eigenvalue weighted by molar-refractivity contribution is 5.98. The van der Waals surface area contributed by atoms with Crippen LogP contribution < -0.4 is 0 Å². The van der Waals surface area contributed by atoms with E-state index < -0.39 is 129 Å². The van der Waals surface area contributed by atoms with E-state index in [1.165, 1.54) is 27.7 Å². The Balaban J connectivity index is 1.41. The Kier molecular flexibility index (Phi) is 6.17. The van der Waals surface area contributed by atoms with Gasteiger partial charge in [0.1, 0.15) is 30.5 Å². The molecule has 0 aromatic carbocycles. The molecule has 48 heavy (non-hydrogen) atoms. The molecule has 7 fully saturated rings. The molecule has 3 saturated heterocycles. The Hall–Kier alpha value is -3.03. The third-order valence-corrected chi connectivity index (χ3v) is 14.6. The van der Waals surface area contributed by atoms with Crippen LogP contribution in [0.2, 0.25) is 0 Å². The molecule has 5 aliphatic carbocycles. The zero-order valence-corrected chi connectivity index (χ0v) is 28.6. The third kappa shape index (κ3) is 3.32. The second kappa shape index (κ2) is 9.19. The fourth-order valence-corrected chi connectivity index (χ4v) is 12.8. The van der Waals surface area contributed by atoms with Crippen molar-refractivity contribution < 1.29 is 62.6 Å². The van der Waals surface area contributed by atoms with Crippen LogP contribution in [0.5, 0.6) is 0 Å². The Labute approximate surface area is 277 Å².